The summed E-state index contributed by atoms with van der Waals surface area (Å²) in [7, 11) is 1.61. The maximum Gasteiger partial charge on any atom is 0.142 e. The van der Waals surface area contributed by atoms with E-state index in [0.29, 0.717) is 5.75 Å². The number of nitrogens with zero attached hydrogens (tertiary/aromatic N) is 2. The van der Waals surface area contributed by atoms with Crippen molar-refractivity contribution in [2.75, 3.05) is 7.11 Å². The van der Waals surface area contributed by atoms with Gasteiger partial charge in [-0.15, -0.1) is 0 Å². The first kappa shape index (κ1) is 10.6. The Morgan fingerprint density at radius 2 is 2.06 bits per heavy atom. The Morgan fingerprint density at radius 3 is 2.75 bits per heavy atom. The average molecular weight is 215 g/mol. The van der Waals surface area contributed by atoms with Crippen LogP contribution in [0.25, 0.3) is 0 Å². The third-order valence-electron chi connectivity index (χ3n) is 2.36. The van der Waals surface area contributed by atoms with Crippen LogP contribution in [0.3, 0.4) is 0 Å². The fourth-order valence-corrected chi connectivity index (χ4v) is 1.53. The van der Waals surface area contributed by atoms with Crippen LogP contribution >= 0.6 is 0 Å². The molecule has 0 fully saturated rings. The Morgan fingerprint density at radius 1 is 1.25 bits per heavy atom. The summed E-state index contributed by atoms with van der Waals surface area (Å²) in [6, 6.07) is 7.12. The monoisotopic (exact) mass is 215 g/mol. The fourth-order valence-electron chi connectivity index (χ4n) is 1.53. The van der Waals surface area contributed by atoms with E-state index in [0.717, 1.165) is 11.3 Å². The molecule has 2 aromatic heterocycles. The number of aromatic nitrogens is 2. The number of methoxy groups -OCH3 is 1. The Balaban J connectivity index is 2.37. The van der Waals surface area contributed by atoms with Crippen molar-refractivity contribution in [3.05, 3.63) is 54.1 Å². The largest absolute Gasteiger partial charge is 0.495 e. The van der Waals surface area contributed by atoms with Crippen molar-refractivity contribution in [2.24, 2.45) is 5.73 Å². The molecule has 0 aliphatic rings. The van der Waals surface area contributed by atoms with Gasteiger partial charge < -0.3 is 10.5 Å². The molecule has 2 aromatic rings. The minimum atomic E-state index is -0.315. The smallest absolute Gasteiger partial charge is 0.142 e. The summed E-state index contributed by atoms with van der Waals surface area (Å²) in [5.74, 6) is 0.693. The fraction of sp³-hybridized carbons (Fsp3) is 0.167. The maximum absolute atomic E-state index is 6.11. The van der Waals surface area contributed by atoms with E-state index >= 15 is 0 Å². The Kier molecular flexibility index (Phi) is 3.12. The zero-order valence-electron chi connectivity index (χ0n) is 9.00. The van der Waals surface area contributed by atoms with Gasteiger partial charge in [0.2, 0.25) is 0 Å². The molecule has 0 amide bonds. The van der Waals surface area contributed by atoms with E-state index in [1.807, 2.05) is 24.3 Å². The normalized spacial score (nSPS) is 12.1. The quantitative estimate of drug-likeness (QED) is 0.843. The molecule has 0 bridgehead atoms. The van der Waals surface area contributed by atoms with Crippen LogP contribution in [-0.4, -0.2) is 17.1 Å². The summed E-state index contributed by atoms with van der Waals surface area (Å²) < 4.78 is 5.23. The van der Waals surface area contributed by atoms with E-state index in [4.69, 9.17) is 10.5 Å². The lowest BCUT2D eigenvalue weighted by molar-refractivity contribution is 0.404. The summed E-state index contributed by atoms with van der Waals surface area (Å²) in [6.07, 6.45) is 5.15. The number of hydrogen-bond acceptors (Lipinski definition) is 4. The van der Waals surface area contributed by atoms with E-state index in [-0.39, 0.29) is 6.04 Å². The van der Waals surface area contributed by atoms with Crippen molar-refractivity contribution in [1.29, 1.82) is 0 Å². The molecule has 2 heterocycles. The van der Waals surface area contributed by atoms with Gasteiger partial charge in [0.1, 0.15) is 11.4 Å². The van der Waals surface area contributed by atoms with Gasteiger partial charge in [0, 0.05) is 18.6 Å². The molecule has 0 saturated carbocycles. The summed E-state index contributed by atoms with van der Waals surface area (Å²) in [4.78, 5) is 8.29. The molecule has 4 heteroatoms. The molecule has 2 N–H and O–H groups in total. The van der Waals surface area contributed by atoms with Gasteiger partial charge in [-0.25, -0.2) is 0 Å². The first-order valence-electron chi connectivity index (χ1n) is 4.97. The van der Waals surface area contributed by atoms with Gasteiger partial charge in [-0.1, -0.05) is 6.07 Å². The first-order chi connectivity index (χ1) is 7.83. The summed E-state index contributed by atoms with van der Waals surface area (Å²) >= 11 is 0. The van der Waals surface area contributed by atoms with Crippen LogP contribution < -0.4 is 10.5 Å². The Bertz CT molecular complexity index is 459. The van der Waals surface area contributed by atoms with Gasteiger partial charge in [-0.2, -0.15) is 0 Å². The molecular weight excluding hydrogens is 202 g/mol. The van der Waals surface area contributed by atoms with Crippen molar-refractivity contribution in [2.45, 2.75) is 6.04 Å². The van der Waals surface area contributed by atoms with Crippen LogP contribution in [0.5, 0.6) is 5.75 Å². The lowest BCUT2D eigenvalue weighted by Crippen LogP contribution is -2.14. The van der Waals surface area contributed by atoms with Crippen molar-refractivity contribution < 1.29 is 4.74 Å². The van der Waals surface area contributed by atoms with Gasteiger partial charge in [-0.05, 0) is 23.8 Å². The topological polar surface area (TPSA) is 61.0 Å². The van der Waals surface area contributed by atoms with Gasteiger partial charge >= 0.3 is 0 Å². The highest BCUT2D eigenvalue weighted by atomic mass is 16.5. The number of nitrogens with two attached hydrogens (primary N) is 1. The summed E-state index contributed by atoms with van der Waals surface area (Å²) in [5, 5.41) is 0. The van der Waals surface area contributed by atoms with E-state index in [1.54, 1.807) is 25.7 Å². The van der Waals surface area contributed by atoms with Crippen molar-refractivity contribution >= 4 is 0 Å². The van der Waals surface area contributed by atoms with E-state index in [2.05, 4.69) is 9.97 Å². The minimum Gasteiger partial charge on any atom is -0.495 e. The Labute approximate surface area is 94.1 Å². The summed E-state index contributed by atoms with van der Waals surface area (Å²) in [6.45, 7) is 0. The third-order valence-corrected chi connectivity index (χ3v) is 2.36. The molecule has 4 nitrogen and oxygen atoms in total. The molecule has 0 aliphatic carbocycles. The van der Waals surface area contributed by atoms with Crippen molar-refractivity contribution in [3.8, 4) is 5.75 Å². The zero-order valence-corrected chi connectivity index (χ0v) is 9.00. The highest BCUT2D eigenvalue weighted by molar-refractivity contribution is 5.35. The number of pyridine rings is 2. The second kappa shape index (κ2) is 4.72. The molecule has 1 atom stereocenters. The van der Waals surface area contributed by atoms with Crippen molar-refractivity contribution in [1.82, 2.24) is 9.97 Å². The van der Waals surface area contributed by atoms with Crippen LogP contribution in [0.1, 0.15) is 17.3 Å². The number of ether oxygens (including phenoxy) is 1. The van der Waals surface area contributed by atoms with Gasteiger partial charge in [0.25, 0.3) is 0 Å². The summed E-state index contributed by atoms with van der Waals surface area (Å²) in [5.41, 5.74) is 7.75. The van der Waals surface area contributed by atoms with Gasteiger partial charge in [0.15, 0.2) is 0 Å². The van der Waals surface area contributed by atoms with E-state index in [1.165, 1.54) is 0 Å². The molecule has 0 spiro atoms. The molecular formula is C12H13N3O. The van der Waals surface area contributed by atoms with Crippen LogP contribution in [0.4, 0.5) is 0 Å². The van der Waals surface area contributed by atoms with Crippen LogP contribution in [-0.2, 0) is 0 Å². The molecule has 0 radical (unpaired) electrons. The lowest BCUT2D eigenvalue weighted by Gasteiger charge is -2.13. The minimum absolute atomic E-state index is 0.315. The molecule has 1 unspecified atom stereocenters. The number of rotatable bonds is 3. The molecule has 0 saturated heterocycles. The van der Waals surface area contributed by atoms with E-state index < -0.39 is 0 Å². The molecule has 0 aromatic carbocycles. The predicted molar refractivity (Wildman–Crippen MR) is 61.1 cm³/mol. The SMILES string of the molecule is COc1cccnc1C(N)c1cccnc1. The van der Waals surface area contributed by atoms with Gasteiger partial charge in [0.05, 0.1) is 13.2 Å². The highest BCUT2D eigenvalue weighted by Gasteiger charge is 2.14. The first-order valence-corrected chi connectivity index (χ1v) is 4.97. The lowest BCUT2D eigenvalue weighted by atomic mass is 10.1. The molecule has 16 heavy (non-hydrogen) atoms. The molecule has 0 aliphatic heterocycles. The Hall–Kier alpha value is -1.94. The highest BCUT2D eigenvalue weighted by Crippen LogP contribution is 2.24. The number of hydrogen-bond donors (Lipinski definition) is 1. The van der Waals surface area contributed by atoms with Crippen LogP contribution in [0.15, 0.2) is 42.9 Å². The average Bonchev–Trinajstić information content (AvgIpc) is 2.39. The second-order valence-corrected chi connectivity index (χ2v) is 3.35. The molecule has 82 valence electrons. The second-order valence-electron chi connectivity index (χ2n) is 3.35. The van der Waals surface area contributed by atoms with Gasteiger partial charge in [-0.3, -0.25) is 9.97 Å². The standard InChI is InChI=1S/C12H13N3O/c1-16-10-5-3-7-15-12(10)11(13)9-4-2-6-14-8-9/h2-8,11H,13H2,1H3. The third kappa shape index (κ3) is 2.01. The van der Waals surface area contributed by atoms with E-state index in [9.17, 15) is 0 Å². The maximum atomic E-state index is 6.11. The zero-order chi connectivity index (χ0) is 11.4. The predicted octanol–water partition coefficient (Wildman–Crippen LogP) is 1.53. The van der Waals surface area contributed by atoms with Crippen LogP contribution in [0, 0.1) is 0 Å². The van der Waals surface area contributed by atoms with Crippen molar-refractivity contribution in [3.63, 3.8) is 0 Å². The van der Waals surface area contributed by atoms with Crippen LogP contribution in [0.2, 0.25) is 0 Å². The molecule has 2 rings (SSSR count).